The summed E-state index contributed by atoms with van der Waals surface area (Å²) in [4.78, 5) is 11.4. The molecule has 0 aliphatic heterocycles. The lowest BCUT2D eigenvalue weighted by Crippen LogP contribution is -2.12. The van der Waals surface area contributed by atoms with Crippen molar-refractivity contribution in [3.8, 4) is 0 Å². The molecule has 12 heavy (non-hydrogen) atoms. The average molecular weight is 162 g/mol. The van der Waals surface area contributed by atoms with Crippen LogP contribution in [0.5, 0.6) is 0 Å². The molecule has 0 aromatic carbocycles. The Labute approximate surface area is 73.2 Å². The van der Waals surface area contributed by atoms with Gasteiger partial charge in [0.15, 0.2) is 0 Å². The maximum Gasteiger partial charge on any atom is 0.140 e. The molecule has 0 bridgehead atoms. The maximum absolute atomic E-state index is 11.4. The van der Waals surface area contributed by atoms with E-state index < -0.39 is 0 Å². The largest absolute Gasteiger partial charge is 0.299 e. The fourth-order valence-electron chi connectivity index (χ4n) is 2.26. The topological polar surface area (TPSA) is 17.1 Å². The Bertz CT molecular complexity index is 250. The van der Waals surface area contributed by atoms with Crippen LogP contribution in [0.25, 0.3) is 0 Å². The molecule has 0 heterocycles. The van der Waals surface area contributed by atoms with E-state index in [2.05, 4.69) is 18.7 Å². The van der Waals surface area contributed by atoms with E-state index in [9.17, 15) is 4.79 Å². The Morgan fingerprint density at radius 3 is 3.08 bits per heavy atom. The van der Waals surface area contributed by atoms with E-state index in [1.165, 1.54) is 5.57 Å². The Morgan fingerprint density at radius 2 is 2.25 bits per heavy atom. The van der Waals surface area contributed by atoms with Crippen LogP contribution in [0.15, 0.2) is 24.3 Å². The molecule has 2 rings (SSSR count). The number of allylic oxidation sites excluding steroid dienone is 3. The Morgan fingerprint density at radius 1 is 1.42 bits per heavy atom. The average Bonchev–Trinajstić information content (AvgIpc) is 2.30. The third-order valence-electron chi connectivity index (χ3n) is 3.01. The van der Waals surface area contributed by atoms with Crippen LogP contribution in [0.1, 0.15) is 25.7 Å². The summed E-state index contributed by atoms with van der Waals surface area (Å²) in [5.74, 6) is 1.07. The van der Waals surface area contributed by atoms with Gasteiger partial charge in [-0.15, -0.1) is 0 Å². The number of carbonyl (C=O) groups is 1. The molecule has 2 aliphatic rings. The first kappa shape index (κ1) is 7.78. The molecule has 1 nitrogen and oxygen atoms in total. The lowest BCUT2D eigenvalue weighted by atomic mass is 9.89. The van der Waals surface area contributed by atoms with Gasteiger partial charge in [-0.2, -0.15) is 0 Å². The minimum absolute atomic E-state index is 0.181. The number of carbonyl (C=O) groups excluding carboxylic acids is 1. The van der Waals surface area contributed by atoms with Gasteiger partial charge in [0.2, 0.25) is 0 Å². The fourth-order valence-corrected chi connectivity index (χ4v) is 2.26. The molecule has 0 aromatic rings. The fraction of sp³-hybridized carbons (Fsp3) is 0.545. The number of rotatable bonds is 0. The third-order valence-corrected chi connectivity index (χ3v) is 3.01. The summed E-state index contributed by atoms with van der Waals surface area (Å²) in [6, 6.07) is 0. The van der Waals surface area contributed by atoms with Gasteiger partial charge in [0.05, 0.1) is 0 Å². The highest BCUT2D eigenvalue weighted by atomic mass is 16.1. The van der Waals surface area contributed by atoms with Crippen molar-refractivity contribution in [1.82, 2.24) is 0 Å². The highest BCUT2D eigenvalue weighted by molar-refractivity contribution is 5.85. The summed E-state index contributed by atoms with van der Waals surface area (Å²) in [5.41, 5.74) is 1.29. The monoisotopic (exact) mass is 162 g/mol. The van der Waals surface area contributed by atoms with Crippen molar-refractivity contribution in [2.75, 3.05) is 0 Å². The summed E-state index contributed by atoms with van der Waals surface area (Å²) in [5, 5.41) is 0. The minimum atomic E-state index is 0.181. The van der Waals surface area contributed by atoms with Crippen molar-refractivity contribution < 1.29 is 4.79 Å². The molecule has 1 saturated carbocycles. The first-order chi connectivity index (χ1) is 5.79. The molecule has 1 fully saturated rings. The predicted octanol–water partition coefficient (Wildman–Crippen LogP) is 2.49. The second-order valence-corrected chi connectivity index (χ2v) is 3.76. The second kappa shape index (κ2) is 2.89. The number of hydrogen-bond acceptors (Lipinski definition) is 1. The molecule has 2 atom stereocenters. The highest BCUT2D eigenvalue weighted by Crippen LogP contribution is 2.38. The summed E-state index contributed by atoms with van der Waals surface area (Å²) in [6.45, 7) is 4.06. The molecule has 2 aliphatic carbocycles. The van der Waals surface area contributed by atoms with E-state index >= 15 is 0 Å². The summed E-state index contributed by atoms with van der Waals surface area (Å²) in [7, 11) is 0. The third kappa shape index (κ3) is 1.13. The van der Waals surface area contributed by atoms with E-state index in [1.807, 2.05) is 0 Å². The zero-order valence-corrected chi connectivity index (χ0v) is 7.25. The molecular weight excluding hydrogens is 148 g/mol. The van der Waals surface area contributed by atoms with E-state index in [0.717, 1.165) is 25.7 Å². The zero-order valence-electron chi connectivity index (χ0n) is 7.25. The van der Waals surface area contributed by atoms with E-state index in [-0.39, 0.29) is 5.92 Å². The van der Waals surface area contributed by atoms with Gasteiger partial charge in [-0.1, -0.05) is 24.3 Å². The number of Topliss-reactive ketones (excluding diaryl/α,β-unsaturated/α-hetero) is 1. The molecule has 2 unspecified atom stereocenters. The molecule has 0 radical (unpaired) electrons. The van der Waals surface area contributed by atoms with E-state index in [1.54, 1.807) is 0 Å². The van der Waals surface area contributed by atoms with Crippen LogP contribution in [0.2, 0.25) is 0 Å². The van der Waals surface area contributed by atoms with Gasteiger partial charge in [0.1, 0.15) is 5.78 Å². The van der Waals surface area contributed by atoms with Gasteiger partial charge in [0.25, 0.3) is 0 Å². The van der Waals surface area contributed by atoms with Crippen LogP contribution < -0.4 is 0 Å². The van der Waals surface area contributed by atoms with Crippen LogP contribution in [0, 0.1) is 11.8 Å². The summed E-state index contributed by atoms with van der Waals surface area (Å²) in [6.07, 6.45) is 8.17. The molecule has 0 saturated heterocycles. The molecular formula is C11H14O. The normalized spacial score (nSPS) is 35.0. The molecule has 0 N–H and O–H groups in total. The van der Waals surface area contributed by atoms with E-state index in [0.29, 0.717) is 11.7 Å². The first-order valence-corrected chi connectivity index (χ1v) is 4.66. The van der Waals surface area contributed by atoms with Gasteiger partial charge in [0, 0.05) is 12.3 Å². The molecule has 0 spiro atoms. The van der Waals surface area contributed by atoms with Crippen LogP contribution in [0.3, 0.4) is 0 Å². The first-order valence-electron chi connectivity index (χ1n) is 4.66. The standard InChI is InChI=1S/C11H14O/c1-8-4-2-3-5-10-9(8)6-7-11(10)12/h3,5,9-10H,1-2,4,6-7H2. The molecule has 0 amide bonds. The Hall–Kier alpha value is -0.850. The smallest absolute Gasteiger partial charge is 0.140 e. The van der Waals surface area contributed by atoms with Gasteiger partial charge >= 0.3 is 0 Å². The lowest BCUT2D eigenvalue weighted by Gasteiger charge is -2.14. The Balaban J connectivity index is 2.26. The maximum atomic E-state index is 11.4. The lowest BCUT2D eigenvalue weighted by molar-refractivity contribution is -0.119. The predicted molar refractivity (Wildman–Crippen MR) is 48.7 cm³/mol. The summed E-state index contributed by atoms with van der Waals surface area (Å²) < 4.78 is 0. The van der Waals surface area contributed by atoms with Crippen LogP contribution in [-0.4, -0.2) is 5.78 Å². The van der Waals surface area contributed by atoms with Crippen molar-refractivity contribution in [1.29, 1.82) is 0 Å². The quantitative estimate of drug-likeness (QED) is 0.500. The van der Waals surface area contributed by atoms with Crippen LogP contribution in [0.4, 0.5) is 0 Å². The van der Waals surface area contributed by atoms with Crippen molar-refractivity contribution in [2.45, 2.75) is 25.7 Å². The highest BCUT2D eigenvalue weighted by Gasteiger charge is 2.34. The van der Waals surface area contributed by atoms with Crippen molar-refractivity contribution in [3.05, 3.63) is 24.3 Å². The molecule has 0 aromatic heterocycles. The molecule has 64 valence electrons. The zero-order chi connectivity index (χ0) is 8.55. The van der Waals surface area contributed by atoms with Crippen molar-refractivity contribution in [3.63, 3.8) is 0 Å². The van der Waals surface area contributed by atoms with Crippen molar-refractivity contribution >= 4 is 5.78 Å². The van der Waals surface area contributed by atoms with Gasteiger partial charge in [-0.25, -0.2) is 0 Å². The number of fused-ring (bicyclic) bond motifs is 1. The SMILES string of the molecule is C=C1CCC=CC2C(=O)CCC12. The van der Waals surface area contributed by atoms with Gasteiger partial charge in [-0.3, -0.25) is 4.79 Å². The Kier molecular flexibility index (Phi) is 1.87. The van der Waals surface area contributed by atoms with Gasteiger partial charge < -0.3 is 0 Å². The van der Waals surface area contributed by atoms with Crippen LogP contribution in [-0.2, 0) is 4.79 Å². The summed E-state index contributed by atoms with van der Waals surface area (Å²) >= 11 is 0. The number of hydrogen-bond donors (Lipinski definition) is 0. The minimum Gasteiger partial charge on any atom is -0.299 e. The molecule has 1 heteroatoms. The van der Waals surface area contributed by atoms with E-state index in [4.69, 9.17) is 0 Å². The van der Waals surface area contributed by atoms with Crippen LogP contribution >= 0.6 is 0 Å². The number of ketones is 1. The van der Waals surface area contributed by atoms with Crippen molar-refractivity contribution in [2.24, 2.45) is 11.8 Å². The second-order valence-electron chi connectivity index (χ2n) is 3.76. The van der Waals surface area contributed by atoms with Gasteiger partial charge in [-0.05, 0) is 25.2 Å².